The molecule has 0 N–H and O–H groups in total. The van der Waals surface area contributed by atoms with E-state index >= 15 is 0 Å². The van der Waals surface area contributed by atoms with E-state index < -0.39 is 0 Å². The summed E-state index contributed by atoms with van der Waals surface area (Å²) in [6.45, 7) is 7.05. The Kier molecular flexibility index (Phi) is 3.13. The van der Waals surface area contributed by atoms with Crippen LogP contribution in [0.5, 0.6) is 5.75 Å². The molecule has 108 valence electrons. The molecule has 1 aromatic rings. The Balaban J connectivity index is 1.89. The predicted octanol–water partition coefficient (Wildman–Crippen LogP) is 4.75. The third-order valence-electron chi connectivity index (χ3n) is 6.08. The highest BCUT2D eigenvalue weighted by molar-refractivity contribution is 6.30. The first-order chi connectivity index (χ1) is 9.38. The Morgan fingerprint density at radius 3 is 2.65 bits per heavy atom. The van der Waals surface area contributed by atoms with Gasteiger partial charge in [-0.05, 0) is 48.8 Å². The van der Waals surface area contributed by atoms with E-state index in [1.807, 2.05) is 6.07 Å². The maximum atomic E-state index is 11.2. The van der Waals surface area contributed by atoms with Crippen LogP contribution in [-0.4, -0.2) is 12.4 Å². The summed E-state index contributed by atoms with van der Waals surface area (Å²) < 4.78 is 6.23. The van der Waals surface area contributed by atoms with Crippen molar-refractivity contribution in [2.24, 2.45) is 16.7 Å². The van der Waals surface area contributed by atoms with Crippen molar-refractivity contribution in [3.05, 3.63) is 28.8 Å². The van der Waals surface area contributed by atoms with Crippen LogP contribution in [0.4, 0.5) is 0 Å². The Hall–Kier alpha value is -1.02. The van der Waals surface area contributed by atoms with Crippen LogP contribution >= 0.6 is 11.6 Å². The second-order valence-electron chi connectivity index (χ2n) is 7.02. The molecule has 3 unspecified atom stereocenters. The first-order valence-electron chi connectivity index (χ1n) is 7.30. The quantitative estimate of drug-likeness (QED) is 0.752. The van der Waals surface area contributed by atoms with Crippen molar-refractivity contribution in [2.45, 2.75) is 46.1 Å². The van der Waals surface area contributed by atoms with Gasteiger partial charge in [-0.25, -0.2) is 0 Å². The van der Waals surface area contributed by atoms with Crippen molar-refractivity contribution in [2.75, 3.05) is 0 Å². The summed E-state index contributed by atoms with van der Waals surface area (Å²) in [5.41, 5.74) is 1.05. The largest absolute Gasteiger partial charge is 0.489 e. The molecule has 0 heterocycles. The van der Waals surface area contributed by atoms with Crippen LogP contribution in [0, 0.1) is 16.7 Å². The number of carbonyl (C=O) groups excluding carboxylic acids is 1. The fraction of sp³-hybridized carbons (Fsp3) is 0.588. The van der Waals surface area contributed by atoms with Crippen molar-refractivity contribution in [1.82, 2.24) is 0 Å². The lowest BCUT2D eigenvalue weighted by Gasteiger charge is -2.39. The highest BCUT2D eigenvalue weighted by atomic mass is 35.5. The number of aldehydes is 1. The van der Waals surface area contributed by atoms with E-state index in [2.05, 4.69) is 20.8 Å². The fourth-order valence-electron chi connectivity index (χ4n) is 4.18. The van der Waals surface area contributed by atoms with E-state index in [0.717, 1.165) is 18.6 Å². The van der Waals surface area contributed by atoms with E-state index in [-0.39, 0.29) is 11.5 Å². The number of halogens is 1. The highest BCUT2D eigenvalue weighted by Gasteiger charge is 2.62. The second kappa shape index (κ2) is 4.49. The summed E-state index contributed by atoms with van der Waals surface area (Å²) in [4.78, 5) is 11.2. The lowest BCUT2D eigenvalue weighted by molar-refractivity contribution is 0.0298. The van der Waals surface area contributed by atoms with E-state index in [0.29, 0.717) is 21.8 Å². The minimum Gasteiger partial charge on any atom is -0.489 e. The molecule has 3 atom stereocenters. The first-order valence-corrected chi connectivity index (χ1v) is 7.67. The maximum absolute atomic E-state index is 11.2. The summed E-state index contributed by atoms with van der Waals surface area (Å²) >= 11 is 5.93. The molecular weight excluding hydrogens is 272 g/mol. The zero-order chi connectivity index (χ0) is 14.5. The molecule has 0 aromatic heterocycles. The van der Waals surface area contributed by atoms with Crippen LogP contribution in [0.1, 0.15) is 50.4 Å². The van der Waals surface area contributed by atoms with Crippen molar-refractivity contribution >= 4 is 17.9 Å². The van der Waals surface area contributed by atoms with Gasteiger partial charge in [0.25, 0.3) is 0 Å². The molecule has 2 saturated carbocycles. The lowest BCUT2D eigenvalue weighted by Crippen LogP contribution is -2.39. The van der Waals surface area contributed by atoms with Crippen molar-refractivity contribution in [3.8, 4) is 5.75 Å². The van der Waals surface area contributed by atoms with E-state index in [1.54, 1.807) is 12.1 Å². The Labute approximate surface area is 125 Å². The van der Waals surface area contributed by atoms with Crippen molar-refractivity contribution in [3.63, 3.8) is 0 Å². The molecule has 3 rings (SSSR count). The first kappa shape index (κ1) is 13.9. The number of carbonyl (C=O) groups is 1. The van der Waals surface area contributed by atoms with Gasteiger partial charge in [0.15, 0.2) is 6.29 Å². The lowest BCUT2D eigenvalue weighted by atomic mass is 9.70. The van der Waals surface area contributed by atoms with Crippen LogP contribution in [0.25, 0.3) is 0 Å². The molecule has 0 amide bonds. The summed E-state index contributed by atoms with van der Waals surface area (Å²) in [5, 5.41) is 0.568. The van der Waals surface area contributed by atoms with Crippen LogP contribution in [0.15, 0.2) is 18.2 Å². The van der Waals surface area contributed by atoms with Gasteiger partial charge in [0.2, 0.25) is 0 Å². The van der Waals surface area contributed by atoms with Gasteiger partial charge >= 0.3 is 0 Å². The molecular formula is C17H21ClO2. The van der Waals surface area contributed by atoms with Gasteiger partial charge in [0.05, 0.1) is 5.56 Å². The molecule has 2 fully saturated rings. The number of ether oxygens (including phenoxy) is 1. The normalized spacial score (nSPS) is 34.2. The fourth-order valence-corrected chi connectivity index (χ4v) is 4.36. The third kappa shape index (κ3) is 1.81. The van der Waals surface area contributed by atoms with E-state index in [1.165, 1.54) is 12.8 Å². The average Bonchev–Trinajstić information content (AvgIpc) is 2.74. The number of hydrogen-bond acceptors (Lipinski definition) is 2. The molecule has 2 aliphatic carbocycles. The van der Waals surface area contributed by atoms with E-state index in [4.69, 9.17) is 16.3 Å². The van der Waals surface area contributed by atoms with Crippen LogP contribution in [-0.2, 0) is 0 Å². The zero-order valence-corrected chi connectivity index (χ0v) is 13.0. The van der Waals surface area contributed by atoms with Gasteiger partial charge in [0, 0.05) is 10.4 Å². The SMILES string of the molecule is CC1(C)C2CCC1(C)C(Oc1ccc(Cl)cc1C=O)C2. The van der Waals surface area contributed by atoms with Gasteiger partial charge in [-0.15, -0.1) is 0 Å². The molecule has 2 nitrogen and oxygen atoms in total. The standard InChI is InChI=1S/C17H21ClO2/c1-16(2)12-6-7-17(16,3)15(9-12)20-14-5-4-13(18)8-11(14)10-19/h4-5,8,10,12,15H,6-7,9H2,1-3H3. The Morgan fingerprint density at radius 2 is 2.10 bits per heavy atom. The molecule has 3 heteroatoms. The van der Waals surface area contributed by atoms with Gasteiger partial charge in [-0.1, -0.05) is 32.4 Å². The minimum absolute atomic E-state index is 0.191. The third-order valence-corrected chi connectivity index (χ3v) is 6.32. The molecule has 1 aromatic carbocycles. The van der Waals surface area contributed by atoms with Gasteiger partial charge in [-0.2, -0.15) is 0 Å². The van der Waals surface area contributed by atoms with Crippen LogP contribution in [0.2, 0.25) is 5.02 Å². The maximum Gasteiger partial charge on any atom is 0.153 e. The summed E-state index contributed by atoms with van der Waals surface area (Å²) in [7, 11) is 0. The molecule has 0 spiro atoms. The second-order valence-corrected chi connectivity index (χ2v) is 7.45. The molecule has 20 heavy (non-hydrogen) atoms. The number of benzene rings is 1. The topological polar surface area (TPSA) is 26.3 Å². The summed E-state index contributed by atoms with van der Waals surface area (Å²) in [6, 6.07) is 5.27. The predicted molar refractivity (Wildman–Crippen MR) is 80.5 cm³/mol. The van der Waals surface area contributed by atoms with Crippen LogP contribution in [0.3, 0.4) is 0 Å². The smallest absolute Gasteiger partial charge is 0.153 e. The minimum atomic E-state index is 0.191. The monoisotopic (exact) mass is 292 g/mol. The summed E-state index contributed by atoms with van der Waals surface area (Å²) in [6.07, 6.45) is 4.60. The van der Waals surface area contributed by atoms with Crippen LogP contribution < -0.4 is 4.74 Å². The average molecular weight is 293 g/mol. The highest BCUT2D eigenvalue weighted by Crippen LogP contribution is 2.66. The summed E-state index contributed by atoms with van der Waals surface area (Å²) in [5.74, 6) is 1.39. The Bertz CT molecular complexity index is 552. The zero-order valence-electron chi connectivity index (χ0n) is 12.3. The molecule has 2 bridgehead atoms. The number of hydrogen-bond donors (Lipinski definition) is 0. The van der Waals surface area contributed by atoms with Crippen molar-refractivity contribution < 1.29 is 9.53 Å². The van der Waals surface area contributed by atoms with Gasteiger partial charge in [-0.3, -0.25) is 4.79 Å². The van der Waals surface area contributed by atoms with E-state index in [9.17, 15) is 4.79 Å². The number of fused-ring (bicyclic) bond motifs is 2. The molecule has 0 saturated heterocycles. The van der Waals surface area contributed by atoms with Gasteiger partial charge in [0.1, 0.15) is 11.9 Å². The Morgan fingerprint density at radius 1 is 1.35 bits per heavy atom. The molecule has 0 aliphatic heterocycles. The van der Waals surface area contributed by atoms with Crippen molar-refractivity contribution in [1.29, 1.82) is 0 Å². The molecule has 2 aliphatic rings. The van der Waals surface area contributed by atoms with Gasteiger partial charge < -0.3 is 4.74 Å². The number of rotatable bonds is 3. The molecule has 0 radical (unpaired) electrons.